The fourth-order valence-corrected chi connectivity index (χ4v) is 3.84. The molecule has 0 atom stereocenters. The first-order valence-electron chi connectivity index (χ1n) is 9.87. The molecular formula is C24H24BrN3O. The first-order valence-corrected chi connectivity index (χ1v) is 10.7. The van der Waals surface area contributed by atoms with Crippen molar-refractivity contribution in [3.05, 3.63) is 87.9 Å². The highest BCUT2D eigenvalue weighted by Gasteiger charge is 2.16. The topological polar surface area (TPSA) is 50.8 Å². The van der Waals surface area contributed by atoms with Crippen LogP contribution in [0.4, 0.5) is 0 Å². The van der Waals surface area contributed by atoms with Gasteiger partial charge in [0.15, 0.2) is 0 Å². The minimum Gasteiger partial charge on any atom is -0.471 e. The number of ether oxygens (including phenoxy) is 1. The van der Waals surface area contributed by atoms with Gasteiger partial charge in [-0.15, -0.1) is 0 Å². The van der Waals surface area contributed by atoms with Crippen LogP contribution in [0.3, 0.4) is 0 Å². The molecule has 2 aromatic carbocycles. The summed E-state index contributed by atoms with van der Waals surface area (Å²) in [5, 5.41) is 1.21. The van der Waals surface area contributed by atoms with Crippen LogP contribution in [-0.2, 0) is 19.4 Å². The van der Waals surface area contributed by atoms with Gasteiger partial charge in [-0.3, -0.25) is 0 Å². The third-order valence-corrected chi connectivity index (χ3v) is 5.44. The molecule has 1 N–H and O–H groups in total. The number of hydrogen-bond acceptors (Lipinski definition) is 3. The smallest absolute Gasteiger partial charge is 0.236 e. The molecule has 0 saturated heterocycles. The molecule has 0 bridgehead atoms. The molecule has 0 radical (unpaired) electrons. The Bertz CT molecular complexity index is 1110. The maximum absolute atomic E-state index is 6.12. The quantitative estimate of drug-likeness (QED) is 0.371. The zero-order valence-electron chi connectivity index (χ0n) is 16.7. The number of fused-ring (bicyclic) bond motifs is 1. The Morgan fingerprint density at radius 3 is 2.52 bits per heavy atom. The van der Waals surface area contributed by atoms with Gasteiger partial charge in [-0.05, 0) is 45.5 Å². The van der Waals surface area contributed by atoms with Crippen LogP contribution in [0.2, 0.25) is 0 Å². The molecule has 4 aromatic rings. The van der Waals surface area contributed by atoms with Gasteiger partial charge in [0.25, 0.3) is 0 Å². The summed E-state index contributed by atoms with van der Waals surface area (Å²) in [6, 6.07) is 18.5. The summed E-state index contributed by atoms with van der Waals surface area (Å²) in [6.45, 7) is 4.83. The summed E-state index contributed by atoms with van der Waals surface area (Å²) in [4.78, 5) is 13.0. The van der Waals surface area contributed by atoms with Crippen molar-refractivity contribution in [2.75, 3.05) is 0 Å². The second kappa shape index (κ2) is 8.78. The largest absolute Gasteiger partial charge is 0.471 e. The number of aromatic nitrogens is 3. The van der Waals surface area contributed by atoms with E-state index in [1.54, 1.807) is 0 Å². The molecule has 29 heavy (non-hydrogen) atoms. The van der Waals surface area contributed by atoms with E-state index < -0.39 is 0 Å². The predicted octanol–water partition coefficient (Wildman–Crippen LogP) is 6.09. The van der Waals surface area contributed by atoms with E-state index in [-0.39, 0.29) is 0 Å². The summed E-state index contributed by atoms with van der Waals surface area (Å²) in [7, 11) is 0. The average molecular weight is 450 g/mol. The van der Waals surface area contributed by atoms with Gasteiger partial charge in [-0.2, -0.15) is 0 Å². The number of hydrogen-bond donors (Lipinski definition) is 1. The lowest BCUT2D eigenvalue weighted by atomic mass is 10.1. The van der Waals surface area contributed by atoms with Gasteiger partial charge in [0.05, 0.1) is 5.69 Å². The van der Waals surface area contributed by atoms with Gasteiger partial charge in [-0.25, -0.2) is 9.97 Å². The molecule has 0 spiro atoms. The van der Waals surface area contributed by atoms with Crippen LogP contribution in [0.1, 0.15) is 36.4 Å². The second-order valence-corrected chi connectivity index (χ2v) is 8.37. The van der Waals surface area contributed by atoms with Crippen LogP contribution in [0.5, 0.6) is 5.88 Å². The zero-order chi connectivity index (χ0) is 20.2. The third kappa shape index (κ3) is 4.67. The first-order chi connectivity index (χ1) is 14.1. The van der Waals surface area contributed by atoms with E-state index in [0.29, 0.717) is 24.8 Å². The molecule has 5 heteroatoms. The van der Waals surface area contributed by atoms with Gasteiger partial charge in [0.2, 0.25) is 5.88 Å². The molecule has 4 rings (SSSR count). The lowest BCUT2D eigenvalue weighted by Crippen LogP contribution is -2.09. The normalized spacial score (nSPS) is 11.3. The lowest BCUT2D eigenvalue weighted by molar-refractivity contribution is 0.286. The zero-order valence-corrected chi connectivity index (χ0v) is 18.2. The summed E-state index contributed by atoms with van der Waals surface area (Å²) in [6.07, 6.45) is 3.55. The van der Waals surface area contributed by atoms with E-state index in [1.165, 1.54) is 10.9 Å². The monoisotopic (exact) mass is 449 g/mol. The maximum Gasteiger partial charge on any atom is 0.236 e. The van der Waals surface area contributed by atoms with Crippen molar-refractivity contribution in [2.24, 2.45) is 5.92 Å². The van der Waals surface area contributed by atoms with E-state index in [1.807, 2.05) is 30.5 Å². The summed E-state index contributed by atoms with van der Waals surface area (Å²) in [5.74, 6) is 1.09. The number of halogens is 1. The Morgan fingerprint density at radius 1 is 0.966 bits per heavy atom. The van der Waals surface area contributed by atoms with Crippen LogP contribution in [-0.4, -0.2) is 15.0 Å². The highest BCUT2D eigenvalue weighted by Crippen LogP contribution is 2.27. The predicted molar refractivity (Wildman–Crippen MR) is 120 cm³/mol. The second-order valence-electron chi connectivity index (χ2n) is 7.62. The van der Waals surface area contributed by atoms with Gasteiger partial charge in [0, 0.05) is 23.5 Å². The van der Waals surface area contributed by atoms with E-state index in [0.717, 1.165) is 33.5 Å². The number of benzene rings is 2. The number of nitrogens with zero attached hydrogens (tertiary/aromatic N) is 2. The maximum atomic E-state index is 6.12. The van der Waals surface area contributed by atoms with Crippen LogP contribution in [0, 0.1) is 5.92 Å². The van der Waals surface area contributed by atoms with Gasteiger partial charge in [-0.1, -0.05) is 62.4 Å². The van der Waals surface area contributed by atoms with Crippen molar-refractivity contribution < 1.29 is 4.74 Å². The molecule has 0 aliphatic rings. The van der Waals surface area contributed by atoms with E-state index in [2.05, 4.69) is 65.1 Å². The fourth-order valence-electron chi connectivity index (χ4n) is 3.40. The molecule has 0 fully saturated rings. The van der Waals surface area contributed by atoms with E-state index in [9.17, 15) is 0 Å². The van der Waals surface area contributed by atoms with Crippen molar-refractivity contribution in [3.8, 4) is 5.88 Å². The molecule has 4 nitrogen and oxygen atoms in total. The Labute approximate surface area is 179 Å². The lowest BCUT2D eigenvalue weighted by Gasteiger charge is -2.14. The first kappa shape index (κ1) is 19.6. The number of aromatic amines is 1. The van der Waals surface area contributed by atoms with Gasteiger partial charge >= 0.3 is 0 Å². The third-order valence-electron chi connectivity index (χ3n) is 4.81. The Balaban J connectivity index is 1.64. The molecule has 148 valence electrons. The van der Waals surface area contributed by atoms with Crippen LogP contribution < -0.4 is 4.74 Å². The number of nitrogens with one attached hydrogen (secondary N) is 1. The summed E-state index contributed by atoms with van der Waals surface area (Å²) >= 11 is 3.64. The van der Waals surface area contributed by atoms with Crippen LogP contribution >= 0.6 is 15.9 Å². The number of para-hydroxylation sites is 1. The average Bonchev–Trinajstić information content (AvgIpc) is 3.12. The Hall–Kier alpha value is -2.66. The van der Waals surface area contributed by atoms with Gasteiger partial charge in [0.1, 0.15) is 16.9 Å². The van der Waals surface area contributed by atoms with E-state index in [4.69, 9.17) is 14.7 Å². The molecule has 0 saturated carbocycles. The minimum atomic E-state index is 0.467. The van der Waals surface area contributed by atoms with Gasteiger partial charge < -0.3 is 9.72 Å². The fraction of sp³-hybridized carbons (Fsp3) is 0.250. The van der Waals surface area contributed by atoms with Crippen molar-refractivity contribution in [1.29, 1.82) is 0 Å². The van der Waals surface area contributed by atoms with Crippen molar-refractivity contribution in [1.82, 2.24) is 15.0 Å². The molecule has 0 aliphatic heterocycles. The molecular weight excluding hydrogens is 426 g/mol. The van der Waals surface area contributed by atoms with Crippen molar-refractivity contribution in [3.63, 3.8) is 0 Å². The minimum absolute atomic E-state index is 0.467. The summed E-state index contributed by atoms with van der Waals surface area (Å²) in [5.41, 5.74) is 5.21. The van der Waals surface area contributed by atoms with Crippen molar-refractivity contribution in [2.45, 2.75) is 33.3 Å². The van der Waals surface area contributed by atoms with Crippen LogP contribution in [0.25, 0.3) is 10.9 Å². The summed E-state index contributed by atoms with van der Waals surface area (Å²) < 4.78 is 6.91. The molecule has 2 heterocycles. The van der Waals surface area contributed by atoms with E-state index >= 15 is 0 Å². The standard InChI is InChI=1S/C24H24BrN3O/c1-16(2)12-22-24(29-15-17-8-4-3-5-9-17)28-21(23(25)27-22)13-18-14-26-20-11-7-6-10-19(18)20/h3-11,14,16,26H,12-13,15H2,1-2H3. The molecule has 0 amide bonds. The highest BCUT2D eigenvalue weighted by atomic mass is 79.9. The molecule has 2 aromatic heterocycles. The number of H-pyrrole nitrogens is 1. The molecule has 0 aliphatic carbocycles. The molecule has 0 unspecified atom stereocenters. The Kier molecular flexibility index (Phi) is 5.95. The SMILES string of the molecule is CC(C)Cc1nc(Br)c(Cc2c[nH]c3ccccc23)nc1OCc1ccccc1. The van der Waals surface area contributed by atoms with Crippen LogP contribution in [0.15, 0.2) is 65.4 Å². The highest BCUT2D eigenvalue weighted by molar-refractivity contribution is 9.10. The van der Waals surface area contributed by atoms with Crippen molar-refractivity contribution >= 4 is 26.8 Å². The Morgan fingerprint density at radius 2 is 1.72 bits per heavy atom. The number of rotatable bonds is 7.